The third kappa shape index (κ3) is 4.86. The highest BCUT2D eigenvalue weighted by atomic mass is 16.5. The maximum absolute atomic E-state index is 10.5. The number of anilines is 2. The number of rotatable bonds is 10. The molecule has 0 bridgehead atoms. The molecule has 10 nitrogen and oxygen atoms in total. The standard InChI is InChI=1S/C32H40N6O4/c1-2-29(41)35-11-13-36(14-12-35)30-26-8-10-37(28-17-24(40)16-22-6-3-4-7-25(22)28)20-27(26)33-31(34-30)42-15-5-9-38-19-23-18-32(23,38)21-39/h2-4,6-7,16-17,23,29,39-41H,1,5,8-15,18-21H2. The molecule has 4 heterocycles. The zero-order chi connectivity index (χ0) is 28.8. The third-order valence-corrected chi connectivity index (χ3v) is 9.73. The largest absolute Gasteiger partial charge is 0.508 e. The molecule has 3 unspecified atom stereocenters. The first-order chi connectivity index (χ1) is 20.5. The number of benzene rings is 2. The highest BCUT2D eigenvalue weighted by Gasteiger charge is 2.65. The lowest BCUT2D eigenvalue weighted by Crippen LogP contribution is -2.53. The summed E-state index contributed by atoms with van der Waals surface area (Å²) in [4.78, 5) is 18.8. The number of phenolic OH excluding ortho intramolecular Hbond substituents is 1. The van der Waals surface area contributed by atoms with Crippen LogP contribution < -0.4 is 14.5 Å². The molecule has 0 spiro atoms. The van der Waals surface area contributed by atoms with Crippen LogP contribution >= 0.6 is 0 Å². The van der Waals surface area contributed by atoms with Crippen molar-refractivity contribution in [3.05, 3.63) is 60.3 Å². The smallest absolute Gasteiger partial charge is 0.318 e. The average Bonchev–Trinajstić information content (AvgIpc) is 3.62. The fourth-order valence-corrected chi connectivity index (χ4v) is 7.16. The highest BCUT2D eigenvalue weighted by Crippen LogP contribution is 2.57. The van der Waals surface area contributed by atoms with Gasteiger partial charge in [0.05, 0.1) is 25.5 Å². The second kappa shape index (κ2) is 11.0. The van der Waals surface area contributed by atoms with Crippen molar-refractivity contribution in [3.8, 4) is 11.8 Å². The Morgan fingerprint density at radius 3 is 2.69 bits per heavy atom. The number of aliphatic hydroxyl groups is 2. The van der Waals surface area contributed by atoms with E-state index in [1.165, 1.54) is 0 Å². The minimum absolute atomic E-state index is 0.0519. The maximum atomic E-state index is 10.5. The first-order valence-electron chi connectivity index (χ1n) is 15.1. The number of hydrogen-bond donors (Lipinski definition) is 3. The molecule has 3 fully saturated rings. The molecular formula is C32H40N6O4. The Bertz CT molecular complexity index is 1470. The molecular weight excluding hydrogens is 532 g/mol. The van der Waals surface area contributed by atoms with Gasteiger partial charge in [0.2, 0.25) is 0 Å². The van der Waals surface area contributed by atoms with Gasteiger partial charge in [-0.05, 0) is 42.7 Å². The molecule has 3 N–H and O–H groups in total. The SMILES string of the molecule is C=CC(O)N1CCN(c2nc(OCCCN3CC4CC43CO)nc3c2CCN(c2cc(O)cc4ccccc24)C3)CC1. The lowest BCUT2D eigenvalue weighted by molar-refractivity contribution is 0.0244. The van der Waals surface area contributed by atoms with E-state index < -0.39 is 6.23 Å². The van der Waals surface area contributed by atoms with E-state index in [1.54, 1.807) is 12.1 Å². The van der Waals surface area contributed by atoms with E-state index >= 15 is 0 Å². The van der Waals surface area contributed by atoms with Gasteiger partial charge in [0, 0.05) is 74.1 Å². The predicted molar refractivity (Wildman–Crippen MR) is 162 cm³/mol. The molecule has 1 aliphatic carbocycles. The molecule has 0 amide bonds. The molecule has 10 heteroatoms. The number of aliphatic hydroxyl groups excluding tert-OH is 2. The van der Waals surface area contributed by atoms with Crippen LogP contribution in [0.25, 0.3) is 10.8 Å². The molecule has 0 radical (unpaired) electrons. The van der Waals surface area contributed by atoms with Gasteiger partial charge in [-0.3, -0.25) is 9.80 Å². The van der Waals surface area contributed by atoms with Crippen molar-refractivity contribution in [2.75, 3.05) is 68.8 Å². The number of piperazine rings is 1. The van der Waals surface area contributed by atoms with Gasteiger partial charge in [-0.25, -0.2) is 0 Å². The summed E-state index contributed by atoms with van der Waals surface area (Å²) in [5.74, 6) is 1.85. The molecule has 3 aromatic rings. The minimum Gasteiger partial charge on any atom is -0.508 e. The van der Waals surface area contributed by atoms with Crippen molar-refractivity contribution in [1.82, 2.24) is 19.8 Å². The van der Waals surface area contributed by atoms with Gasteiger partial charge in [-0.1, -0.05) is 30.8 Å². The topological polar surface area (TPSA) is 109 Å². The zero-order valence-corrected chi connectivity index (χ0v) is 24.0. The molecule has 7 rings (SSSR count). The fraction of sp³-hybridized carbons (Fsp3) is 0.500. The van der Waals surface area contributed by atoms with Crippen LogP contribution in [0.2, 0.25) is 0 Å². The number of likely N-dealkylation sites (tertiary alicyclic amines) is 1. The zero-order valence-electron chi connectivity index (χ0n) is 24.0. The Labute approximate surface area is 246 Å². The molecule has 1 saturated carbocycles. The van der Waals surface area contributed by atoms with Gasteiger partial charge < -0.3 is 29.9 Å². The summed E-state index contributed by atoms with van der Waals surface area (Å²) in [7, 11) is 0. The quantitative estimate of drug-likeness (QED) is 0.248. The first kappa shape index (κ1) is 27.4. The van der Waals surface area contributed by atoms with Crippen LogP contribution in [0.1, 0.15) is 24.1 Å². The van der Waals surface area contributed by atoms with Gasteiger partial charge in [-0.2, -0.15) is 9.97 Å². The average molecular weight is 573 g/mol. The van der Waals surface area contributed by atoms with Crippen LogP contribution in [0.5, 0.6) is 11.8 Å². The second-order valence-electron chi connectivity index (χ2n) is 12.1. The van der Waals surface area contributed by atoms with Gasteiger partial charge >= 0.3 is 6.01 Å². The maximum Gasteiger partial charge on any atom is 0.318 e. The Morgan fingerprint density at radius 2 is 1.93 bits per heavy atom. The van der Waals surface area contributed by atoms with Crippen LogP contribution in [0, 0.1) is 5.92 Å². The third-order valence-electron chi connectivity index (χ3n) is 9.73. The van der Waals surface area contributed by atoms with Gasteiger partial charge in [-0.15, -0.1) is 0 Å². The number of ether oxygens (including phenoxy) is 1. The number of aromatic nitrogens is 2. The van der Waals surface area contributed by atoms with E-state index in [2.05, 4.69) is 27.3 Å². The number of nitrogens with zero attached hydrogens (tertiary/aromatic N) is 6. The minimum atomic E-state index is -0.640. The number of phenols is 1. The molecule has 3 atom stereocenters. The van der Waals surface area contributed by atoms with Gasteiger partial charge in [0.15, 0.2) is 0 Å². The number of fused-ring (bicyclic) bond motifs is 3. The fourth-order valence-electron chi connectivity index (χ4n) is 7.16. The highest BCUT2D eigenvalue weighted by molar-refractivity contribution is 5.95. The Morgan fingerprint density at radius 1 is 1.10 bits per heavy atom. The summed E-state index contributed by atoms with van der Waals surface area (Å²) in [5, 5.41) is 32.6. The molecule has 2 saturated heterocycles. The Hall–Kier alpha value is -3.44. The Kier molecular flexibility index (Phi) is 7.17. The van der Waals surface area contributed by atoms with E-state index in [0.717, 1.165) is 85.5 Å². The Balaban J connectivity index is 1.12. The molecule has 2 aromatic carbocycles. The van der Waals surface area contributed by atoms with E-state index in [0.29, 0.717) is 38.2 Å². The normalized spacial score (nSPS) is 24.6. The summed E-state index contributed by atoms with van der Waals surface area (Å²) in [6, 6.07) is 12.2. The van der Waals surface area contributed by atoms with Crippen LogP contribution in [-0.4, -0.2) is 106 Å². The van der Waals surface area contributed by atoms with Crippen molar-refractivity contribution in [1.29, 1.82) is 0 Å². The van der Waals surface area contributed by atoms with E-state index in [9.17, 15) is 15.3 Å². The lowest BCUT2D eigenvalue weighted by Gasteiger charge is -2.40. The summed E-state index contributed by atoms with van der Waals surface area (Å²) in [6.45, 7) is 10.8. The van der Waals surface area contributed by atoms with Crippen molar-refractivity contribution >= 4 is 22.3 Å². The van der Waals surface area contributed by atoms with Gasteiger partial charge in [0.1, 0.15) is 17.8 Å². The van der Waals surface area contributed by atoms with Crippen LogP contribution in [0.3, 0.4) is 0 Å². The molecule has 1 aromatic heterocycles. The van der Waals surface area contributed by atoms with Crippen molar-refractivity contribution in [2.45, 2.75) is 37.6 Å². The van der Waals surface area contributed by atoms with E-state index in [4.69, 9.17) is 14.7 Å². The van der Waals surface area contributed by atoms with E-state index in [1.807, 2.05) is 29.2 Å². The van der Waals surface area contributed by atoms with Crippen LogP contribution in [0.4, 0.5) is 11.5 Å². The van der Waals surface area contributed by atoms with Crippen molar-refractivity contribution in [2.24, 2.45) is 5.92 Å². The summed E-state index contributed by atoms with van der Waals surface area (Å²) in [6.07, 6.45) is 3.68. The van der Waals surface area contributed by atoms with Crippen molar-refractivity contribution in [3.63, 3.8) is 0 Å². The lowest BCUT2D eigenvalue weighted by atomic mass is 10.0. The summed E-state index contributed by atoms with van der Waals surface area (Å²) in [5.41, 5.74) is 3.14. The number of hydrogen-bond acceptors (Lipinski definition) is 10. The van der Waals surface area contributed by atoms with Crippen LogP contribution in [0.15, 0.2) is 49.1 Å². The predicted octanol–water partition coefficient (Wildman–Crippen LogP) is 2.36. The first-order valence-corrected chi connectivity index (χ1v) is 15.1. The van der Waals surface area contributed by atoms with Crippen LogP contribution in [-0.2, 0) is 13.0 Å². The second-order valence-corrected chi connectivity index (χ2v) is 12.1. The summed E-state index contributed by atoms with van der Waals surface area (Å²) < 4.78 is 6.18. The number of aromatic hydroxyl groups is 1. The van der Waals surface area contributed by atoms with E-state index in [-0.39, 0.29) is 17.9 Å². The molecule has 3 aliphatic heterocycles. The van der Waals surface area contributed by atoms with Crippen molar-refractivity contribution < 1.29 is 20.1 Å². The molecule has 42 heavy (non-hydrogen) atoms. The molecule has 222 valence electrons. The summed E-state index contributed by atoms with van der Waals surface area (Å²) >= 11 is 0. The monoisotopic (exact) mass is 572 g/mol. The molecule has 4 aliphatic rings. The van der Waals surface area contributed by atoms with Gasteiger partial charge in [0.25, 0.3) is 0 Å².